The van der Waals surface area contributed by atoms with Crippen molar-refractivity contribution in [1.29, 1.82) is 0 Å². The summed E-state index contributed by atoms with van der Waals surface area (Å²) in [6, 6.07) is 25.9. The van der Waals surface area contributed by atoms with Gasteiger partial charge in [-0.3, -0.25) is 0 Å². The van der Waals surface area contributed by atoms with Crippen molar-refractivity contribution >= 4 is 27.4 Å². The van der Waals surface area contributed by atoms with Gasteiger partial charge in [0, 0.05) is 32.1 Å². The van der Waals surface area contributed by atoms with Crippen LogP contribution in [0.3, 0.4) is 0 Å². The number of carbonyl (C=O) groups excluding carboxylic acids is 1. The number of carbonyl (C=O) groups is 1. The molecule has 0 aliphatic heterocycles. The monoisotopic (exact) mass is 969 g/mol. The Kier molecular flexibility index (Phi) is 37.7. The summed E-state index contributed by atoms with van der Waals surface area (Å²) < 4.78 is 93.2. The number of halogens is 6. The molecule has 5 rings (SSSR count). The predicted octanol–water partition coefficient (Wildman–Crippen LogP) is 17.4. The Labute approximate surface area is 398 Å². The first-order valence-electron chi connectivity index (χ1n) is 22.0. The summed E-state index contributed by atoms with van der Waals surface area (Å²) in [4.78, 5) is 9.44. The normalized spacial score (nSPS) is 13.8. The number of hydrogen-bond donors (Lipinski definition) is 0. The molecule has 0 N–H and O–H groups in total. The predicted molar refractivity (Wildman–Crippen MR) is 273 cm³/mol. The van der Waals surface area contributed by atoms with Crippen LogP contribution in [0, 0.1) is 30.1 Å². The van der Waals surface area contributed by atoms with Gasteiger partial charge >= 0.3 is 12.4 Å². The van der Waals surface area contributed by atoms with E-state index in [0.717, 1.165) is 12.5 Å². The van der Waals surface area contributed by atoms with Gasteiger partial charge in [-0.1, -0.05) is 179 Å². The SMILES string of the molecule is CC(C)(C(F)(F)F)C(F)(F)F.CC(C)(C)C.CC(C)=O.CC1(C)CCCCC1.CC1(C)c2ccccc2-c2ccccc21.CCC.COC.CS(C)(=O)=O.CSC.Cc1ccc(C)cc1. The maximum atomic E-state index is 11.6. The fourth-order valence-corrected chi connectivity index (χ4v) is 4.98. The van der Waals surface area contributed by atoms with Crippen molar-refractivity contribution in [1.82, 2.24) is 0 Å². The van der Waals surface area contributed by atoms with E-state index in [1.165, 1.54) is 85.8 Å². The molecule has 0 bridgehead atoms. The second-order valence-corrected chi connectivity index (χ2v) is 22.9. The van der Waals surface area contributed by atoms with Gasteiger partial charge in [-0.15, -0.1) is 0 Å². The highest BCUT2D eigenvalue weighted by Crippen LogP contribution is 2.49. The minimum Gasteiger partial charge on any atom is -0.388 e. The molecule has 12 heteroatoms. The maximum Gasteiger partial charge on any atom is 0.402 e. The zero-order valence-corrected chi connectivity index (χ0v) is 46.0. The number of fused-ring (bicyclic) bond motifs is 3. The summed E-state index contributed by atoms with van der Waals surface area (Å²) in [6.45, 7) is 29.8. The number of Topliss-reactive ketones (excluding diaryl/α,β-unsaturated/α-hetero) is 1. The molecule has 0 aromatic heterocycles. The van der Waals surface area contributed by atoms with Crippen LogP contribution >= 0.6 is 11.8 Å². The largest absolute Gasteiger partial charge is 0.402 e. The number of hydrogen-bond acceptors (Lipinski definition) is 5. The molecule has 0 atom stereocenters. The van der Waals surface area contributed by atoms with Gasteiger partial charge in [0.05, 0.1) is 0 Å². The number of benzene rings is 3. The fraction of sp³-hybridized carbons (Fsp3) is 0.642. The molecule has 0 amide bonds. The first kappa shape index (κ1) is 71.2. The van der Waals surface area contributed by atoms with Gasteiger partial charge in [-0.25, -0.2) is 8.42 Å². The van der Waals surface area contributed by atoms with Crippen molar-refractivity contribution in [3.8, 4) is 11.1 Å². The zero-order chi connectivity index (χ0) is 52.7. The molecule has 0 saturated heterocycles. The molecule has 380 valence electrons. The fourth-order valence-electron chi connectivity index (χ4n) is 4.98. The van der Waals surface area contributed by atoms with Crippen LogP contribution in [0.1, 0.15) is 158 Å². The molecule has 2 aliphatic rings. The topological polar surface area (TPSA) is 60.4 Å². The number of thioether (sulfide) groups is 1. The highest BCUT2D eigenvalue weighted by Gasteiger charge is 2.64. The summed E-state index contributed by atoms with van der Waals surface area (Å²) in [7, 11) is 0.583. The Balaban J connectivity index is -0.000000217. The van der Waals surface area contributed by atoms with E-state index in [2.05, 4.69) is 161 Å². The van der Waals surface area contributed by atoms with E-state index < -0.39 is 27.6 Å². The summed E-state index contributed by atoms with van der Waals surface area (Å²) in [6.07, 6.45) is 4.47. The number of aryl methyl sites for hydroxylation is 2. The number of methoxy groups -OCH3 is 1. The van der Waals surface area contributed by atoms with Crippen LogP contribution in [0.15, 0.2) is 72.8 Å². The van der Waals surface area contributed by atoms with Crippen molar-refractivity contribution in [3.63, 3.8) is 0 Å². The van der Waals surface area contributed by atoms with E-state index in [1.807, 2.05) is 12.5 Å². The molecule has 0 heterocycles. The van der Waals surface area contributed by atoms with E-state index in [4.69, 9.17) is 0 Å². The van der Waals surface area contributed by atoms with Crippen LogP contribution in [0.5, 0.6) is 0 Å². The number of ether oxygens (including phenoxy) is 1. The molecule has 3 aromatic rings. The molecule has 0 spiro atoms. The molecule has 1 saturated carbocycles. The number of ketones is 1. The minimum atomic E-state index is -5.24. The summed E-state index contributed by atoms with van der Waals surface area (Å²) in [5, 5.41) is 0. The second-order valence-electron chi connectivity index (χ2n) is 19.8. The van der Waals surface area contributed by atoms with E-state index >= 15 is 0 Å². The van der Waals surface area contributed by atoms with E-state index in [-0.39, 0.29) is 25.0 Å². The average Bonchev–Trinajstić information content (AvgIpc) is 3.35. The van der Waals surface area contributed by atoms with E-state index in [1.54, 1.807) is 26.0 Å². The Hall–Kier alpha value is -2.83. The van der Waals surface area contributed by atoms with Gasteiger partial charge in [0.2, 0.25) is 0 Å². The van der Waals surface area contributed by atoms with Crippen molar-refractivity contribution in [3.05, 3.63) is 95.1 Å². The lowest BCUT2D eigenvalue weighted by molar-refractivity contribution is -0.327. The van der Waals surface area contributed by atoms with Gasteiger partial charge in [0.25, 0.3) is 0 Å². The third-order valence-electron chi connectivity index (χ3n) is 8.33. The molecular weight excluding hydrogens is 879 g/mol. The van der Waals surface area contributed by atoms with Gasteiger partial charge in [0.1, 0.15) is 15.6 Å². The van der Waals surface area contributed by atoms with Crippen molar-refractivity contribution in [2.75, 3.05) is 39.2 Å². The molecular formula is C53H90F6O4S2. The quantitative estimate of drug-likeness (QED) is 0.210. The van der Waals surface area contributed by atoms with Crippen molar-refractivity contribution in [2.24, 2.45) is 16.2 Å². The number of alkyl halides is 6. The lowest BCUT2D eigenvalue weighted by atomic mass is 9.78. The van der Waals surface area contributed by atoms with Gasteiger partial charge in [-0.2, -0.15) is 38.1 Å². The second kappa shape index (κ2) is 34.5. The van der Waals surface area contributed by atoms with Gasteiger partial charge in [0.15, 0.2) is 5.41 Å². The summed E-state index contributed by atoms with van der Waals surface area (Å²) in [5.74, 6) is 0.167. The van der Waals surface area contributed by atoms with Crippen molar-refractivity contribution in [2.45, 2.75) is 167 Å². The molecule has 0 radical (unpaired) electrons. The number of sulfone groups is 1. The first-order valence-corrected chi connectivity index (χ1v) is 25.9. The van der Waals surface area contributed by atoms with Crippen LogP contribution in [-0.2, 0) is 24.8 Å². The highest BCUT2D eigenvalue weighted by atomic mass is 32.2. The highest BCUT2D eigenvalue weighted by molar-refractivity contribution is 7.97. The van der Waals surface area contributed by atoms with Crippen LogP contribution < -0.4 is 0 Å². The third kappa shape index (κ3) is 40.0. The van der Waals surface area contributed by atoms with Gasteiger partial charge < -0.3 is 9.53 Å². The average molecular weight is 969 g/mol. The minimum absolute atomic E-state index is 0.104. The maximum absolute atomic E-state index is 11.6. The molecule has 3 aromatic carbocycles. The van der Waals surface area contributed by atoms with Crippen molar-refractivity contribution < 1.29 is 44.3 Å². The zero-order valence-electron chi connectivity index (χ0n) is 44.4. The molecule has 65 heavy (non-hydrogen) atoms. The molecule has 0 unspecified atom stereocenters. The smallest absolute Gasteiger partial charge is 0.388 e. The van der Waals surface area contributed by atoms with Crippen LogP contribution in [0.4, 0.5) is 26.3 Å². The molecule has 2 aliphatic carbocycles. The third-order valence-corrected chi connectivity index (χ3v) is 8.33. The summed E-state index contributed by atoms with van der Waals surface area (Å²) >= 11 is 1.75. The summed E-state index contributed by atoms with van der Waals surface area (Å²) in [5.41, 5.74) is 6.07. The van der Waals surface area contributed by atoms with Crippen LogP contribution in [0.2, 0.25) is 0 Å². The standard InChI is InChI=1S/C15H14.C8H10.C8H16.C5H6F6.C5H12.C3H6O.C3H8.C2H6O2S.C2H6O.C2H6S/c1-15(2)13-9-5-3-7-11(13)12-8-4-6-10-14(12)15;1-7-3-5-8(2)6-4-7;1-8(2)6-4-3-5-7-8;1-3(2,4(6,7)8)5(9,10)11;1-5(2,3)4;1-3(2)4;1-3-2;1-5(2,3)4;2*1-3-2/h3-10H,1-2H3;3-6H,1-2H3;3-7H2,1-2H3;1-2H3;1-4H3;1-2H3;3H2,1-2H3;1-2H3;2*1-2H3. The Bertz CT molecular complexity index is 1640. The van der Waals surface area contributed by atoms with Crippen LogP contribution in [-0.4, -0.2) is 65.8 Å². The molecule has 4 nitrogen and oxygen atoms in total. The number of rotatable bonds is 0. The van der Waals surface area contributed by atoms with E-state index in [9.17, 15) is 39.6 Å². The van der Waals surface area contributed by atoms with Crippen LogP contribution in [0.25, 0.3) is 11.1 Å². The van der Waals surface area contributed by atoms with Gasteiger partial charge in [-0.05, 0) is 100.0 Å². The first-order chi connectivity index (χ1) is 29.2. The van der Waals surface area contributed by atoms with E-state index in [0.29, 0.717) is 10.8 Å². The lowest BCUT2D eigenvalue weighted by Crippen LogP contribution is -2.44. The Morgan fingerprint density at radius 3 is 1.02 bits per heavy atom. The molecule has 1 fully saturated rings. The lowest BCUT2D eigenvalue weighted by Gasteiger charge is -2.29. The Morgan fingerprint density at radius 2 is 0.846 bits per heavy atom. The Morgan fingerprint density at radius 1 is 0.631 bits per heavy atom.